The Morgan fingerprint density at radius 1 is 1.17 bits per heavy atom. The van der Waals surface area contributed by atoms with Gasteiger partial charge in [0.25, 0.3) is 5.91 Å². The van der Waals surface area contributed by atoms with Gasteiger partial charge in [-0.2, -0.15) is 0 Å². The summed E-state index contributed by atoms with van der Waals surface area (Å²) in [5, 5.41) is 2.88. The van der Waals surface area contributed by atoms with Crippen LogP contribution in [-0.4, -0.2) is 24.0 Å². The number of rotatable bonds is 7. The van der Waals surface area contributed by atoms with E-state index in [1.807, 2.05) is 25.1 Å². The van der Waals surface area contributed by atoms with Crippen molar-refractivity contribution in [2.75, 3.05) is 0 Å². The number of benzene rings is 1. The molecule has 0 bridgehead atoms. The van der Waals surface area contributed by atoms with Crippen molar-refractivity contribution >= 4 is 11.9 Å². The predicted molar refractivity (Wildman–Crippen MR) is 90.7 cm³/mol. The molecule has 128 valence electrons. The van der Waals surface area contributed by atoms with Crippen molar-refractivity contribution in [2.45, 2.75) is 45.8 Å². The molecular weight excluding hydrogens is 306 g/mol. The SMILES string of the molecule is Cc1occc1C(=O)O[C@@H](C)C(=O)N[C@@H](C)CCc1ccccc1. The van der Waals surface area contributed by atoms with E-state index in [9.17, 15) is 9.59 Å². The number of hydrogen-bond acceptors (Lipinski definition) is 4. The van der Waals surface area contributed by atoms with Crippen LogP contribution < -0.4 is 5.32 Å². The molecule has 0 radical (unpaired) electrons. The fourth-order valence-corrected chi connectivity index (χ4v) is 2.33. The van der Waals surface area contributed by atoms with E-state index in [1.54, 1.807) is 13.8 Å². The van der Waals surface area contributed by atoms with Crippen LogP contribution in [0.2, 0.25) is 0 Å². The molecule has 0 saturated carbocycles. The topological polar surface area (TPSA) is 68.5 Å². The minimum absolute atomic E-state index is 0.00507. The lowest BCUT2D eigenvalue weighted by Crippen LogP contribution is -2.41. The Bertz CT molecular complexity index is 678. The standard InChI is InChI=1S/C19H23NO4/c1-13(9-10-16-7-5-4-6-8-16)20-18(21)15(3)24-19(22)17-11-12-23-14(17)2/h4-8,11-13,15H,9-10H2,1-3H3,(H,20,21)/t13-,15-/m0/s1. The third-order valence-electron chi connectivity index (χ3n) is 3.83. The Labute approximate surface area is 142 Å². The molecule has 5 nitrogen and oxygen atoms in total. The molecule has 1 aromatic heterocycles. The van der Waals surface area contributed by atoms with Crippen LogP contribution in [0.1, 0.15) is 41.9 Å². The van der Waals surface area contributed by atoms with Crippen molar-refractivity contribution in [3.05, 3.63) is 59.5 Å². The zero-order chi connectivity index (χ0) is 17.5. The van der Waals surface area contributed by atoms with E-state index < -0.39 is 12.1 Å². The third kappa shape index (κ3) is 4.98. The number of esters is 1. The van der Waals surface area contributed by atoms with Crippen LogP contribution in [0, 0.1) is 6.92 Å². The van der Waals surface area contributed by atoms with Crippen molar-refractivity contribution < 1.29 is 18.7 Å². The van der Waals surface area contributed by atoms with E-state index in [4.69, 9.17) is 9.15 Å². The molecular formula is C19H23NO4. The van der Waals surface area contributed by atoms with Crippen molar-refractivity contribution in [3.8, 4) is 0 Å². The molecule has 1 heterocycles. The highest BCUT2D eigenvalue weighted by molar-refractivity contribution is 5.92. The first-order valence-corrected chi connectivity index (χ1v) is 8.06. The number of hydrogen-bond donors (Lipinski definition) is 1. The normalized spacial score (nSPS) is 13.1. The molecule has 24 heavy (non-hydrogen) atoms. The molecule has 0 aliphatic carbocycles. The first-order valence-electron chi connectivity index (χ1n) is 8.06. The summed E-state index contributed by atoms with van der Waals surface area (Å²) >= 11 is 0. The molecule has 1 amide bonds. The lowest BCUT2D eigenvalue weighted by molar-refractivity contribution is -0.129. The fourth-order valence-electron chi connectivity index (χ4n) is 2.33. The maximum atomic E-state index is 12.1. The van der Waals surface area contributed by atoms with Gasteiger partial charge < -0.3 is 14.5 Å². The van der Waals surface area contributed by atoms with Crippen LogP contribution >= 0.6 is 0 Å². The second kappa shape index (κ2) is 8.34. The highest BCUT2D eigenvalue weighted by Crippen LogP contribution is 2.12. The molecule has 0 fully saturated rings. The van der Waals surface area contributed by atoms with Gasteiger partial charge in [-0.05, 0) is 45.2 Å². The molecule has 0 aliphatic rings. The number of furan rings is 1. The molecule has 1 N–H and O–H groups in total. The molecule has 2 atom stereocenters. The number of carbonyl (C=O) groups is 2. The minimum Gasteiger partial charge on any atom is -0.469 e. The lowest BCUT2D eigenvalue weighted by Gasteiger charge is -2.18. The van der Waals surface area contributed by atoms with E-state index >= 15 is 0 Å². The highest BCUT2D eigenvalue weighted by atomic mass is 16.5. The van der Waals surface area contributed by atoms with Crippen LogP contribution in [0.25, 0.3) is 0 Å². The fraction of sp³-hybridized carbons (Fsp3) is 0.368. The van der Waals surface area contributed by atoms with Crippen LogP contribution in [0.4, 0.5) is 0 Å². The van der Waals surface area contributed by atoms with Crippen molar-refractivity contribution in [1.29, 1.82) is 0 Å². The van der Waals surface area contributed by atoms with Crippen molar-refractivity contribution in [1.82, 2.24) is 5.32 Å². The summed E-state index contributed by atoms with van der Waals surface area (Å²) in [6.45, 7) is 5.18. The summed E-state index contributed by atoms with van der Waals surface area (Å²) in [5.74, 6) is -0.380. The number of carbonyl (C=O) groups excluding carboxylic acids is 2. The van der Waals surface area contributed by atoms with Gasteiger partial charge in [0, 0.05) is 6.04 Å². The van der Waals surface area contributed by atoms with E-state index in [1.165, 1.54) is 17.9 Å². The molecule has 0 aliphatic heterocycles. The number of nitrogens with one attached hydrogen (secondary N) is 1. The molecule has 0 unspecified atom stereocenters. The van der Waals surface area contributed by atoms with E-state index in [-0.39, 0.29) is 11.9 Å². The van der Waals surface area contributed by atoms with Gasteiger partial charge in [-0.25, -0.2) is 4.79 Å². The van der Waals surface area contributed by atoms with Gasteiger partial charge in [0.05, 0.1) is 6.26 Å². The summed E-state index contributed by atoms with van der Waals surface area (Å²) in [6.07, 6.45) is 2.26. The molecule has 0 spiro atoms. The summed E-state index contributed by atoms with van der Waals surface area (Å²) in [4.78, 5) is 24.1. The Balaban J connectivity index is 1.78. The first kappa shape index (κ1) is 17.8. The average molecular weight is 329 g/mol. The van der Waals surface area contributed by atoms with Crippen LogP contribution in [0.3, 0.4) is 0 Å². The average Bonchev–Trinajstić information content (AvgIpc) is 3.00. The lowest BCUT2D eigenvalue weighted by atomic mass is 10.1. The van der Waals surface area contributed by atoms with Crippen molar-refractivity contribution in [2.24, 2.45) is 0 Å². The van der Waals surface area contributed by atoms with Gasteiger partial charge in [-0.1, -0.05) is 30.3 Å². The molecule has 5 heteroatoms. The summed E-state index contributed by atoms with van der Waals surface area (Å²) in [5.41, 5.74) is 1.57. The summed E-state index contributed by atoms with van der Waals surface area (Å²) < 4.78 is 10.3. The van der Waals surface area contributed by atoms with Crippen LogP contribution in [0.5, 0.6) is 0 Å². The monoisotopic (exact) mass is 329 g/mol. The molecule has 0 saturated heterocycles. The predicted octanol–water partition coefficient (Wildman–Crippen LogP) is 3.27. The minimum atomic E-state index is -0.856. The van der Waals surface area contributed by atoms with E-state index in [2.05, 4.69) is 17.4 Å². The smallest absolute Gasteiger partial charge is 0.342 e. The Morgan fingerprint density at radius 2 is 1.88 bits per heavy atom. The number of ether oxygens (including phenoxy) is 1. The third-order valence-corrected chi connectivity index (χ3v) is 3.83. The maximum absolute atomic E-state index is 12.1. The Morgan fingerprint density at radius 3 is 2.50 bits per heavy atom. The van der Waals surface area contributed by atoms with Gasteiger partial charge in [-0.3, -0.25) is 4.79 Å². The van der Waals surface area contributed by atoms with Gasteiger partial charge in [0.2, 0.25) is 0 Å². The highest BCUT2D eigenvalue weighted by Gasteiger charge is 2.22. The van der Waals surface area contributed by atoms with Gasteiger partial charge in [0.15, 0.2) is 6.10 Å². The van der Waals surface area contributed by atoms with E-state index in [0.29, 0.717) is 11.3 Å². The summed E-state index contributed by atoms with van der Waals surface area (Å²) in [7, 11) is 0. The van der Waals surface area contributed by atoms with Gasteiger partial charge in [0.1, 0.15) is 11.3 Å². The largest absolute Gasteiger partial charge is 0.469 e. The van der Waals surface area contributed by atoms with Gasteiger partial charge in [-0.15, -0.1) is 0 Å². The number of amides is 1. The quantitative estimate of drug-likeness (QED) is 0.792. The summed E-state index contributed by atoms with van der Waals surface area (Å²) in [6, 6.07) is 11.6. The maximum Gasteiger partial charge on any atom is 0.342 e. The zero-order valence-corrected chi connectivity index (χ0v) is 14.2. The zero-order valence-electron chi connectivity index (χ0n) is 14.2. The molecule has 2 aromatic rings. The van der Waals surface area contributed by atoms with Crippen LogP contribution in [0.15, 0.2) is 47.1 Å². The molecule has 1 aromatic carbocycles. The van der Waals surface area contributed by atoms with Gasteiger partial charge >= 0.3 is 5.97 Å². The first-order chi connectivity index (χ1) is 11.5. The Hall–Kier alpha value is -2.56. The number of aryl methyl sites for hydroxylation is 2. The second-order valence-electron chi connectivity index (χ2n) is 5.87. The Kier molecular flexibility index (Phi) is 6.18. The molecule has 2 rings (SSSR count). The second-order valence-corrected chi connectivity index (χ2v) is 5.87. The van der Waals surface area contributed by atoms with Crippen LogP contribution in [-0.2, 0) is 16.0 Å². The van der Waals surface area contributed by atoms with Crippen molar-refractivity contribution in [3.63, 3.8) is 0 Å². The van der Waals surface area contributed by atoms with E-state index in [0.717, 1.165) is 12.8 Å².